The zero-order valence-corrected chi connectivity index (χ0v) is 12.7. The van der Waals surface area contributed by atoms with E-state index < -0.39 is 0 Å². The van der Waals surface area contributed by atoms with Crippen LogP contribution >= 0.6 is 0 Å². The molecule has 0 saturated heterocycles. The van der Waals surface area contributed by atoms with Crippen LogP contribution in [0.2, 0.25) is 0 Å². The minimum Gasteiger partial charge on any atom is -0.331 e. The summed E-state index contributed by atoms with van der Waals surface area (Å²) in [6.07, 6.45) is 4.86. The van der Waals surface area contributed by atoms with Gasteiger partial charge in [0.25, 0.3) is 5.91 Å². The van der Waals surface area contributed by atoms with Crippen molar-refractivity contribution in [2.45, 2.75) is 44.2 Å². The molecule has 0 radical (unpaired) electrons. The van der Waals surface area contributed by atoms with E-state index in [1.165, 1.54) is 30.4 Å². The molecule has 0 N–H and O–H groups in total. The van der Waals surface area contributed by atoms with Gasteiger partial charge >= 0.3 is 0 Å². The van der Waals surface area contributed by atoms with Gasteiger partial charge in [-0.15, -0.1) is 0 Å². The molecular formula is C20H21NO. The molecule has 112 valence electrons. The Hall–Kier alpha value is -2.09. The van der Waals surface area contributed by atoms with Crippen LogP contribution in [0.1, 0.15) is 53.1 Å². The number of benzene rings is 2. The summed E-state index contributed by atoms with van der Waals surface area (Å²) in [5, 5.41) is 0. The van der Waals surface area contributed by atoms with E-state index in [2.05, 4.69) is 41.3 Å². The second kappa shape index (κ2) is 5.60. The van der Waals surface area contributed by atoms with Gasteiger partial charge in [0.1, 0.15) is 0 Å². The lowest BCUT2D eigenvalue weighted by molar-refractivity contribution is 0.0534. The second-order valence-electron chi connectivity index (χ2n) is 6.46. The Balaban J connectivity index is 1.73. The van der Waals surface area contributed by atoms with Crippen molar-refractivity contribution >= 4 is 5.91 Å². The number of carbonyl (C=O) groups excluding carboxylic acids is 1. The number of fused-ring (bicyclic) bond motifs is 3. The van der Waals surface area contributed by atoms with E-state index in [0.29, 0.717) is 12.0 Å². The van der Waals surface area contributed by atoms with Crippen LogP contribution in [0.4, 0.5) is 0 Å². The molecular weight excluding hydrogens is 270 g/mol. The average Bonchev–Trinajstić information content (AvgIpc) is 2.59. The Morgan fingerprint density at radius 2 is 1.64 bits per heavy atom. The molecule has 2 aliphatic rings. The lowest BCUT2D eigenvalue weighted by Crippen LogP contribution is -2.48. The summed E-state index contributed by atoms with van der Waals surface area (Å²) < 4.78 is 0. The van der Waals surface area contributed by atoms with Crippen LogP contribution < -0.4 is 0 Å². The molecule has 1 aliphatic heterocycles. The van der Waals surface area contributed by atoms with Gasteiger partial charge in [0, 0.05) is 24.1 Å². The molecule has 4 rings (SSSR count). The summed E-state index contributed by atoms with van der Waals surface area (Å²) in [5.74, 6) is 0.731. The molecule has 0 bridgehead atoms. The Morgan fingerprint density at radius 1 is 0.909 bits per heavy atom. The van der Waals surface area contributed by atoms with Crippen molar-refractivity contribution in [2.24, 2.45) is 0 Å². The molecule has 1 heterocycles. The number of amides is 1. The summed E-state index contributed by atoms with van der Waals surface area (Å²) in [7, 11) is 0. The summed E-state index contributed by atoms with van der Waals surface area (Å²) in [5.41, 5.74) is 3.42. The van der Waals surface area contributed by atoms with Crippen molar-refractivity contribution in [3.05, 3.63) is 71.3 Å². The van der Waals surface area contributed by atoms with Crippen molar-refractivity contribution < 1.29 is 4.79 Å². The van der Waals surface area contributed by atoms with Gasteiger partial charge in [-0.2, -0.15) is 0 Å². The summed E-state index contributed by atoms with van der Waals surface area (Å²) in [6, 6.07) is 19.0. The molecule has 2 aromatic rings. The fraction of sp³-hybridized carbons (Fsp3) is 0.350. The van der Waals surface area contributed by atoms with Crippen LogP contribution in [0.15, 0.2) is 54.6 Å². The fourth-order valence-electron chi connectivity index (χ4n) is 4.14. The Kier molecular flexibility index (Phi) is 3.45. The van der Waals surface area contributed by atoms with Gasteiger partial charge in [0.15, 0.2) is 0 Å². The van der Waals surface area contributed by atoms with Crippen molar-refractivity contribution in [1.82, 2.24) is 4.90 Å². The van der Waals surface area contributed by atoms with Crippen molar-refractivity contribution in [3.8, 4) is 0 Å². The molecule has 2 atom stereocenters. The molecule has 1 saturated carbocycles. The minimum absolute atomic E-state index is 0.211. The van der Waals surface area contributed by atoms with E-state index in [-0.39, 0.29) is 5.91 Å². The number of rotatable bonds is 2. The smallest absolute Gasteiger partial charge is 0.254 e. The molecule has 1 amide bonds. The molecule has 0 spiro atoms. The Bertz CT molecular complexity index is 679. The van der Waals surface area contributed by atoms with E-state index in [4.69, 9.17) is 0 Å². The zero-order valence-electron chi connectivity index (χ0n) is 12.7. The second-order valence-corrected chi connectivity index (χ2v) is 6.46. The van der Waals surface area contributed by atoms with E-state index in [1.54, 1.807) is 0 Å². The topological polar surface area (TPSA) is 20.3 Å². The first kappa shape index (κ1) is 13.6. The third-order valence-electron chi connectivity index (χ3n) is 5.18. The fourth-order valence-corrected chi connectivity index (χ4v) is 4.14. The molecule has 0 aromatic heterocycles. The van der Waals surface area contributed by atoms with Gasteiger partial charge in [-0.05, 0) is 30.0 Å². The summed E-state index contributed by atoms with van der Waals surface area (Å²) >= 11 is 0. The number of nitrogens with zero attached hydrogens (tertiary/aromatic N) is 1. The largest absolute Gasteiger partial charge is 0.331 e. The quantitative estimate of drug-likeness (QED) is 0.804. The van der Waals surface area contributed by atoms with Crippen LogP contribution in [-0.4, -0.2) is 16.8 Å². The normalized spacial score (nSPS) is 23.8. The third kappa shape index (κ3) is 2.23. The predicted molar refractivity (Wildman–Crippen MR) is 87.8 cm³/mol. The molecule has 2 heteroatoms. The number of hydrogen-bond acceptors (Lipinski definition) is 1. The molecule has 1 aliphatic carbocycles. The first-order valence-electron chi connectivity index (χ1n) is 8.28. The van der Waals surface area contributed by atoms with Crippen LogP contribution in [0.5, 0.6) is 0 Å². The van der Waals surface area contributed by atoms with Gasteiger partial charge in [-0.3, -0.25) is 4.79 Å². The molecule has 0 unspecified atom stereocenters. The first-order valence-corrected chi connectivity index (χ1v) is 8.28. The van der Waals surface area contributed by atoms with Crippen LogP contribution in [-0.2, 0) is 6.54 Å². The van der Waals surface area contributed by atoms with Crippen LogP contribution in [0.3, 0.4) is 0 Å². The van der Waals surface area contributed by atoms with E-state index in [9.17, 15) is 4.79 Å². The average molecular weight is 291 g/mol. The van der Waals surface area contributed by atoms with Crippen LogP contribution in [0, 0.1) is 0 Å². The van der Waals surface area contributed by atoms with Crippen LogP contribution in [0.25, 0.3) is 0 Å². The van der Waals surface area contributed by atoms with E-state index >= 15 is 0 Å². The van der Waals surface area contributed by atoms with Gasteiger partial charge < -0.3 is 4.90 Å². The number of hydrogen-bond donors (Lipinski definition) is 0. The van der Waals surface area contributed by atoms with Gasteiger partial charge in [-0.1, -0.05) is 61.4 Å². The first-order chi connectivity index (χ1) is 10.8. The van der Waals surface area contributed by atoms with Gasteiger partial charge in [0.2, 0.25) is 0 Å². The highest BCUT2D eigenvalue weighted by Crippen LogP contribution is 2.42. The van der Waals surface area contributed by atoms with Crippen molar-refractivity contribution in [1.29, 1.82) is 0 Å². The van der Waals surface area contributed by atoms with E-state index in [0.717, 1.165) is 18.5 Å². The standard InChI is InChI=1S/C20H21NO/c22-20-18-12-5-4-10-16(18)17-11-6-7-13-19(17)21(20)14-15-8-2-1-3-9-15/h1-5,8-10,12,17,19H,6-7,11,13-14H2/t17-,19-/m0/s1. The highest BCUT2D eigenvalue weighted by Gasteiger charge is 2.40. The minimum atomic E-state index is 0.211. The zero-order chi connectivity index (χ0) is 14.9. The van der Waals surface area contributed by atoms with E-state index in [1.807, 2.05) is 18.2 Å². The molecule has 2 nitrogen and oxygen atoms in total. The lowest BCUT2D eigenvalue weighted by Gasteiger charge is -2.45. The van der Waals surface area contributed by atoms with Gasteiger partial charge in [0.05, 0.1) is 0 Å². The number of carbonyl (C=O) groups is 1. The Morgan fingerprint density at radius 3 is 2.50 bits per heavy atom. The Labute approximate surface area is 131 Å². The summed E-state index contributed by atoms with van der Waals surface area (Å²) in [4.78, 5) is 15.1. The highest BCUT2D eigenvalue weighted by atomic mass is 16.2. The SMILES string of the molecule is O=C1c2ccccc2[C@@H]2CCCC[C@@H]2N1Cc1ccccc1. The monoisotopic (exact) mass is 291 g/mol. The summed E-state index contributed by atoms with van der Waals surface area (Å²) in [6.45, 7) is 0.731. The molecule has 1 fully saturated rings. The van der Waals surface area contributed by atoms with Gasteiger partial charge in [-0.25, -0.2) is 0 Å². The maximum atomic E-state index is 13.0. The maximum Gasteiger partial charge on any atom is 0.254 e. The highest BCUT2D eigenvalue weighted by molar-refractivity contribution is 5.97. The predicted octanol–water partition coefficient (Wildman–Crippen LogP) is 4.37. The lowest BCUT2D eigenvalue weighted by atomic mass is 9.74. The maximum absolute atomic E-state index is 13.0. The third-order valence-corrected chi connectivity index (χ3v) is 5.18. The molecule has 22 heavy (non-hydrogen) atoms. The van der Waals surface area contributed by atoms with Crippen molar-refractivity contribution in [2.75, 3.05) is 0 Å². The molecule has 2 aromatic carbocycles. The van der Waals surface area contributed by atoms with Crippen molar-refractivity contribution in [3.63, 3.8) is 0 Å².